The average molecular weight is 221 g/mol. The number of aliphatic imine (C=N–C) groups is 1. The van der Waals surface area contributed by atoms with E-state index in [0.29, 0.717) is 29.6 Å². The molecule has 0 saturated carbocycles. The molecule has 0 bridgehead atoms. The first-order valence-corrected chi connectivity index (χ1v) is 5.15. The maximum atomic E-state index is 9.83. The zero-order valence-electron chi connectivity index (χ0n) is 8.60. The van der Waals surface area contributed by atoms with E-state index < -0.39 is 0 Å². The molecule has 0 aromatic heterocycles. The number of fused-ring (bicyclic) bond motifs is 1. The van der Waals surface area contributed by atoms with Crippen molar-refractivity contribution in [3.63, 3.8) is 0 Å². The van der Waals surface area contributed by atoms with E-state index in [1.807, 2.05) is 0 Å². The van der Waals surface area contributed by atoms with Crippen molar-refractivity contribution in [1.29, 1.82) is 0 Å². The monoisotopic (exact) mass is 221 g/mol. The normalized spacial score (nSPS) is 17.9. The van der Waals surface area contributed by atoms with Crippen molar-refractivity contribution in [2.75, 3.05) is 19.9 Å². The largest absolute Gasteiger partial charge is 0.507 e. The molecule has 1 aromatic carbocycles. The molecule has 0 amide bonds. The lowest BCUT2D eigenvalue weighted by atomic mass is 10.1. The van der Waals surface area contributed by atoms with E-state index >= 15 is 0 Å². The molecule has 84 valence electrons. The summed E-state index contributed by atoms with van der Waals surface area (Å²) in [6.07, 6.45) is 0.912. The van der Waals surface area contributed by atoms with Crippen molar-refractivity contribution < 1.29 is 19.3 Å². The van der Waals surface area contributed by atoms with Gasteiger partial charge in [-0.1, -0.05) is 0 Å². The summed E-state index contributed by atoms with van der Waals surface area (Å²) in [6, 6.07) is 3.22. The van der Waals surface area contributed by atoms with Crippen molar-refractivity contribution in [3.8, 4) is 17.2 Å². The molecule has 2 heterocycles. The molecular weight excluding hydrogens is 210 g/mol. The number of rotatable bonds is 1. The molecule has 16 heavy (non-hydrogen) atoms. The third-order valence-electron chi connectivity index (χ3n) is 2.52. The third-order valence-corrected chi connectivity index (χ3v) is 2.52. The highest BCUT2D eigenvalue weighted by molar-refractivity contribution is 5.97. The Labute approximate surface area is 92.3 Å². The average Bonchev–Trinajstić information content (AvgIpc) is 2.76. The molecule has 0 aliphatic carbocycles. The topological polar surface area (TPSA) is 60.3 Å². The number of phenolic OH excluding ortho intramolecular Hbond substituents is 1. The Kier molecular flexibility index (Phi) is 2.09. The molecule has 0 unspecified atom stereocenters. The Balaban J connectivity index is 2.03. The predicted octanol–water partition coefficient (Wildman–Crippen LogP) is 1.29. The van der Waals surface area contributed by atoms with Gasteiger partial charge >= 0.3 is 0 Å². The van der Waals surface area contributed by atoms with E-state index in [9.17, 15) is 5.11 Å². The van der Waals surface area contributed by atoms with Gasteiger partial charge < -0.3 is 19.3 Å². The van der Waals surface area contributed by atoms with Gasteiger partial charge in [-0.25, -0.2) is 0 Å². The van der Waals surface area contributed by atoms with Crippen molar-refractivity contribution in [2.24, 2.45) is 4.99 Å². The summed E-state index contributed by atoms with van der Waals surface area (Å²) in [5.74, 6) is 1.74. The Morgan fingerprint density at radius 2 is 1.94 bits per heavy atom. The number of hydrogen-bond acceptors (Lipinski definition) is 5. The summed E-state index contributed by atoms with van der Waals surface area (Å²) in [5, 5.41) is 9.83. The molecule has 5 nitrogen and oxygen atoms in total. The number of hydrogen-bond donors (Lipinski definition) is 1. The number of nitrogens with zero attached hydrogens (tertiary/aromatic N) is 1. The lowest BCUT2D eigenvalue weighted by Crippen LogP contribution is -2.14. The Morgan fingerprint density at radius 1 is 1.12 bits per heavy atom. The van der Waals surface area contributed by atoms with Crippen molar-refractivity contribution in [2.45, 2.75) is 6.42 Å². The van der Waals surface area contributed by atoms with Gasteiger partial charge in [-0.05, 0) is 0 Å². The second-order valence-corrected chi connectivity index (χ2v) is 3.61. The van der Waals surface area contributed by atoms with Crippen LogP contribution in [0.15, 0.2) is 17.1 Å². The minimum absolute atomic E-state index is 0.102. The summed E-state index contributed by atoms with van der Waals surface area (Å²) in [5.41, 5.74) is 0.559. The van der Waals surface area contributed by atoms with Crippen LogP contribution in [0.3, 0.4) is 0 Å². The van der Waals surface area contributed by atoms with E-state index in [0.717, 1.165) is 13.0 Å². The first-order valence-electron chi connectivity index (χ1n) is 5.15. The van der Waals surface area contributed by atoms with E-state index in [1.165, 1.54) is 6.07 Å². The van der Waals surface area contributed by atoms with Crippen LogP contribution in [0, 0.1) is 0 Å². The highest BCUT2D eigenvalue weighted by atomic mass is 16.7. The Hall–Kier alpha value is -1.91. The number of ether oxygens (including phenoxy) is 3. The summed E-state index contributed by atoms with van der Waals surface area (Å²) in [6.45, 7) is 1.54. The molecule has 0 fully saturated rings. The van der Waals surface area contributed by atoms with Crippen molar-refractivity contribution >= 4 is 5.90 Å². The van der Waals surface area contributed by atoms with Gasteiger partial charge in [0.05, 0.1) is 12.2 Å². The van der Waals surface area contributed by atoms with E-state index in [2.05, 4.69) is 4.99 Å². The van der Waals surface area contributed by atoms with Gasteiger partial charge in [-0.2, -0.15) is 0 Å². The van der Waals surface area contributed by atoms with Gasteiger partial charge in [0, 0.05) is 25.1 Å². The van der Waals surface area contributed by atoms with Gasteiger partial charge in [-0.3, -0.25) is 4.99 Å². The highest BCUT2D eigenvalue weighted by Crippen LogP contribution is 2.38. The van der Waals surface area contributed by atoms with Crippen LogP contribution < -0.4 is 9.47 Å². The molecule has 2 aliphatic rings. The summed E-state index contributed by atoms with van der Waals surface area (Å²) >= 11 is 0. The molecule has 0 saturated heterocycles. The molecule has 0 atom stereocenters. The zero-order chi connectivity index (χ0) is 11.0. The van der Waals surface area contributed by atoms with E-state index in [4.69, 9.17) is 14.2 Å². The van der Waals surface area contributed by atoms with E-state index in [1.54, 1.807) is 6.07 Å². The maximum Gasteiger partial charge on any atom is 0.231 e. The van der Waals surface area contributed by atoms with Gasteiger partial charge in [-0.15, -0.1) is 0 Å². The first kappa shape index (κ1) is 9.33. The van der Waals surface area contributed by atoms with Gasteiger partial charge in [0.2, 0.25) is 12.7 Å². The van der Waals surface area contributed by atoms with Crippen LogP contribution in [-0.2, 0) is 4.74 Å². The highest BCUT2D eigenvalue weighted by Gasteiger charge is 2.21. The summed E-state index contributed by atoms with van der Waals surface area (Å²) in [4.78, 5) is 4.22. The van der Waals surface area contributed by atoms with Gasteiger partial charge in [0.15, 0.2) is 11.5 Å². The number of phenols is 1. The van der Waals surface area contributed by atoms with Crippen molar-refractivity contribution in [3.05, 3.63) is 17.7 Å². The number of benzene rings is 1. The molecule has 1 aromatic rings. The molecule has 5 heteroatoms. The van der Waals surface area contributed by atoms with Crippen LogP contribution >= 0.6 is 0 Å². The lowest BCUT2D eigenvalue weighted by molar-refractivity contribution is 0.174. The molecule has 2 aliphatic heterocycles. The predicted molar refractivity (Wildman–Crippen MR) is 56.2 cm³/mol. The van der Waals surface area contributed by atoms with Gasteiger partial charge in [0.1, 0.15) is 5.75 Å². The van der Waals surface area contributed by atoms with Crippen LogP contribution in [0.2, 0.25) is 0 Å². The second kappa shape index (κ2) is 3.59. The number of aromatic hydroxyl groups is 1. The first-order chi connectivity index (χ1) is 7.84. The summed E-state index contributed by atoms with van der Waals surface area (Å²) < 4.78 is 15.8. The Morgan fingerprint density at radius 3 is 2.69 bits per heavy atom. The van der Waals surface area contributed by atoms with Crippen LogP contribution in [0.1, 0.15) is 12.0 Å². The fraction of sp³-hybridized carbons (Fsp3) is 0.364. The minimum Gasteiger partial charge on any atom is -0.507 e. The van der Waals surface area contributed by atoms with Crippen LogP contribution in [-0.4, -0.2) is 30.9 Å². The van der Waals surface area contributed by atoms with Crippen LogP contribution in [0.25, 0.3) is 0 Å². The zero-order valence-corrected chi connectivity index (χ0v) is 8.60. The fourth-order valence-corrected chi connectivity index (χ4v) is 1.73. The van der Waals surface area contributed by atoms with E-state index in [-0.39, 0.29) is 12.5 Å². The molecule has 0 spiro atoms. The molecule has 3 rings (SSSR count). The molecule has 0 radical (unpaired) electrons. The van der Waals surface area contributed by atoms with Crippen LogP contribution in [0.4, 0.5) is 0 Å². The standard InChI is InChI=1S/C11H11NO4/c13-8-5-10-9(15-6-16-10)4-7(8)11-12-2-1-3-14-11/h4-5,13H,1-3,6H2. The van der Waals surface area contributed by atoms with Crippen molar-refractivity contribution in [1.82, 2.24) is 0 Å². The van der Waals surface area contributed by atoms with Crippen LogP contribution in [0.5, 0.6) is 17.2 Å². The Bertz CT molecular complexity index is 456. The minimum atomic E-state index is 0.102. The summed E-state index contributed by atoms with van der Waals surface area (Å²) in [7, 11) is 0. The SMILES string of the molecule is Oc1cc2c(cc1C1=NCCCO1)OCO2. The second-order valence-electron chi connectivity index (χ2n) is 3.61. The molecule has 1 N–H and O–H groups in total. The smallest absolute Gasteiger partial charge is 0.231 e. The third kappa shape index (κ3) is 1.44. The fourth-order valence-electron chi connectivity index (χ4n) is 1.73. The maximum absolute atomic E-state index is 9.83. The molecular formula is C11H11NO4. The quantitative estimate of drug-likeness (QED) is 0.776. The lowest BCUT2D eigenvalue weighted by Gasteiger charge is -2.14. The van der Waals surface area contributed by atoms with Gasteiger partial charge in [0.25, 0.3) is 0 Å².